The Bertz CT molecular complexity index is 1160. The summed E-state index contributed by atoms with van der Waals surface area (Å²) in [5.74, 6) is -1.94. The zero-order valence-corrected chi connectivity index (χ0v) is 22.3. The number of thiazole rings is 1. The molecule has 8 nitrogen and oxygen atoms in total. The van der Waals surface area contributed by atoms with Crippen molar-refractivity contribution in [2.24, 2.45) is 0 Å². The third-order valence-corrected chi connectivity index (χ3v) is 7.11. The SMILES string of the molecule is CC.CC1CCCN1C(=O)c1nc(C(=O)NC2CCOC2)sc1-c1cnc(NCC(F)(F)F)cc1C(F)(F)F. The molecule has 2 fully saturated rings. The van der Waals surface area contributed by atoms with E-state index >= 15 is 0 Å². The highest BCUT2D eigenvalue weighted by Crippen LogP contribution is 2.42. The summed E-state index contributed by atoms with van der Waals surface area (Å²) in [6.07, 6.45) is -6.97. The molecule has 4 heterocycles. The minimum absolute atomic E-state index is 0.177. The minimum atomic E-state index is -5.00. The van der Waals surface area contributed by atoms with Gasteiger partial charge in [0.25, 0.3) is 11.8 Å². The predicted molar refractivity (Wildman–Crippen MR) is 133 cm³/mol. The fourth-order valence-corrected chi connectivity index (χ4v) is 5.15. The molecule has 2 aromatic rings. The molecule has 2 saturated heterocycles. The van der Waals surface area contributed by atoms with Crippen LogP contribution in [0.5, 0.6) is 0 Å². The van der Waals surface area contributed by atoms with Gasteiger partial charge in [0.15, 0.2) is 5.01 Å². The summed E-state index contributed by atoms with van der Waals surface area (Å²) in [6.45, 7) is 5.32. The summed E-state index contributed by atoms with van der Waals surface area (Å²) in [5, 5.41) is 4.30. The molecule has 39 heavy (non-hydrogen) atoms. The molecule has 4 rings (SSSR count). The van der Waals surface area contributed by atoms with Crippen molar-refractivity contribution in [3.63, 3.8) is 0 Å². The first-order chi connectivity index (χ1) is 18.3. The lowest BCUT2D eigenvalue weighted by Crippen LogP contribution is -2.35. The third kappa shape index (κ3) is 7.59. The van der Waals surface area contributed by atoms with Gasteiger partial charge in [0.1, 0.15) is 18.1 Å². The second-order valence-corrected chi connectivity index (χ2v) is 9.80. The molecule has 2 aliphatic rings. The van der Waals surface area contributed by atoms with E-state index in [1.165, 1.54) is 4.90 Å². The molecule has 2 amide bonds. The first-order valence-corrected chi connectivity index (χ1v) is 13.2. The second-order valence-electron chi connectivity index (χ2n) is 8.80. The molecule has 15 heteroatoms. The molecule has 0 spiro atoms. The molecule has 2 N–H and O–H groups in total. The van der Waals surface area contributed by atoms with Crippen LogP contribution < -0.4 is 10.6 Å². The molecule has 2 aliphatic heterocycles. The van der Waals surface area contributed by atoms with E-state index in [1.54, 1.807) is 6.92 Å². The number of hydrogen-bond acceptors (Lipinski definition) is 7. The number of ether oxygens (including phenoxy) is 1. The lowest BCUT2D eigenvalue weighted by molar-refractivity contribution is -0.137. The number of amides is 2. The van der Waals surface area contributed by atoms with Crippen LogP contribution in [0.25, 0.3) is 10.4 Å². The highest BCUT2D eigenvalue weighted by atomic mass is 32.1. The number of pyridine rings is 1. The molecule has 0 aromatic carbocycles. The number of hydrogen-bond donors (Lipinski definition) is 2. The predicted octanol–water partition coefficient (Wildman–Crippen LogP) is 5.37. The quantitative estimate of drug-likeness (QED) is 0.446. The largest absolute Gasteiger partial charge is 0.417 e. The Morgan fingerprint density at radius 3 is 2.46 bits per heavy atom. The van der Waals surface area contributed by atoms with Crippen molar-refractivity contribution in [3.05, 3.63) is 28.5 Å². The van der Waals surface area contributed by atoms with Gasteiger partial charge in [0, 0.05) is 31.0 Å². The van der Waals surface area contributed by atoms with E-state index in [0.717, 1.165) is 6.20 Å². The van der Waals surface area contributed by atoms with Gasteiger partial charge < -0.3 is 20.3 Å². The Balaban J connectivity index is 0.00000205. The van der Waals surface area contributed by atoms with Crippen LogP contribution >= 0.6 is 11.3 Å². The average Bonchev–Trinajstić information content (AvgIpc) is 3.64. The van der Waals surface area contributed by atoms with Gasteiger partial charge in [-0.2, -0.15) is 26.3 Å². The van der Waals surface area contributed by atoms with Crippen LogP contribution in [-0.2, 0) is 10.9 Å². The maximum Gasteiger partial charge on any atom is 0.417 e. The molecule has 2 aromatic heterocycles. The summed E-state index contributed by atoms with van der Waals surface area (Å²) in [6, 6.07) is -0.0310. The molecule has 0 saturated carbocycles. The molecule has 0 radical (unpaired) electrons. The third-order valence-electron chi connectivity index (χ3n) is 6.03. The van der Waals surface area contributed by atoms with Crippen LogP contribution in [0.15, 0.2) is 12.3 Å². The highest BCUT2D eigenvalue weighted by Gasteiger charge is 2.39. The van der Waals surface area contributed by atoms with Crippen molar-refractivity contribution < 1.29 is 40.7 Å². The minimum Gasteiger partial charge on any atom is -0.379 e. The van der Waals surface area contributed by atoms with E-state index in [2.05, 4.69) is 15.3 Å². The van der Waals surface area contributed by atoms with Crippen molar-refractivity contribution >= 4 is 29.0 Å². The van der Waals surface area contributed by atoms with Crippen LogP contribution in [-0.4, -0.2) is 71.2 Å². The molecule has 2 unspecified atom stereocenters. The standard InChI is InChI=1S/C22H23F6N5O3S.C2H6/c1-11-3-2-5-33(11)20(35)16-17(37-19(32-16)18(34)31-12-4-6-36-9-12)13-8-29-15(30-10-21(23,24)25)7-14(13)22(26,27)28;1-2/h7-8,11-12H,2-6,9-10H2,1H3,(H,29,30)(H,31,34);1-2H3. The van der Waals surface area contributed by atoms with Crippen LogP contribution in [0.3, 0.4) is 0 Å². The summed E-state index contributed by atoms with van der Waals surface area (Å²) < 4.78 is 85.0. The molecular weight excluding hydrogens is 552 g/mol. The number of carbonyl (C=O) groups excluding carboxylic acids is 2. The number of nitrogens with zero attached hydrogens (tertiary/aromatic N) is 3. The monoisotopic (exact) mass is 581 g/mol. The van der Waals surface area contributed by atoms with Gasteiger partial charge in [-0.25, -0.2) is 9.97 Å². The van der Waals surface area contributed by atoms with Gasteiger partial charge in [-0.1, -0.05) is 13.8 Å². The van der Waals surface area contributed by atoms with Crippen LogP contribution in [0.1, 0.15) is 65.9 Å². The van der Waals surface area contributed by atoms with Crippen LogP contribution in [0.2, 0.25) is 0 Å². The van der Waals surface area contributed by atoms with Gasteiger partial charge >= 0.3 is 12.4 Å². The average molecular weight is 582 g/mol. The molecule has 216 valence electrons. The molecule has 0 bridgehead atoms. The normalized spacial score (nSPS) is 19.5. The van der Waals surface area contributed by atoms with Gasteiger partial charge in [-0.3, -0.25) is 9.59 Å². The van der Waals surface area contributed by atoms with E-state index in [0.29, 0.717) is 49.8 Å². The van der Waals surface area contributed by atoms with Crippen molar-refractivity contribution in [1.29, 1.82) is 0 Å². The fourth-order valence-electron chi connectivity index (χ4n) is 4.17. The maximum atomic E-state index is 14.0. The van der Waals surface area contributed by atoms with E-state index in [-0.39, 0.29) is 34.3 Å². The van der Waals surface area contributed by atoms with Crippen LogP contribution in [0, 0.1) is 0 Å². The van der Waals surface area contributed by atoms with Gasteiger partial charge in [-0.15, -0.1) is 11.3 Å². The Kier molecular flexibility index (Phi) is 9.80. The number of rotatable bonds is 6. The summed E-state index contributed by atoms with van der Waals surface area (Å²) >= 11 is 0.594. The number of alkyl halides is 6. The summed E-state index contributed by atoms with van der Waals surface area (Å²) in [5.41, 5.74) is -2.20. The van der Waals surface area contributed by atoms with Crippen molar-refractivity contribution in [2.45, 2.75) is 64.5 Å². The highest BCUT2D eigenvalue weighted by molar-refractivity contribution is 7.17. The number of likely N-dealkylation sites (tertiary alicyclic amines) is 1. The number of carbonyl (C=O) groups is 2. The number of nitrogens with one attached hydrogen (secondary N) is 2. The Hall–Kier alpha value is -2.94. The van der Waals surface area contributed by atoms with E-state index in [4.69, 9.17) is 4.74 Å². The number of aromatic nitrogens is 2. The van der Waals surface area contributed by atoms with E-state index < -0.39 is 47.7 Å². The maximum absolute atomic E-state index is 14.0. The van der Waals surface area contributed by atoms with Crippen LogP contribution in [0.4, 0.5) is 32.2 Å². The summed E-state index contributed by atoms with van der Waals surface area (Å²) in [7, 11) is 0. The Labute approximate surface area is 225 Å². The fraction of sp³-hybridized carbons (Fsp3) is 0.583. The van der Waals surface area contributed by atoms with Gasteiger partial charge in [0.2, 0.25) is 0 Å². The van der Waals surface area contributed by atoms with Gasteiger partial charge in [0.05, 0.1) is 23.1 Å². The topological polar surface area (TPSA) is 96.5 Å². The van der Waals surface area contributed by atoms with E-state index in [9.17, 15) is 35.9 Å². The van der Waals surface area contributed by atoms with E-state index in [1.807, 2.05) is 19.2 Å². The lowest BCUT2D eigenvalue weighted by atomic mass is 10.1. The first-order valence-electron chi connectivity index (χ1n) is 12.4. The van der Waals surface area contributed by atoms with Crippen molar-refractivity contribution in [2.75, 3.05) is 31.6 Å². The van der Waals surface area contributed by atoms with Gasteiger partial charge in [-0.05, 0) is 32.3 Å². The smallest absolute Gasteiger partial charge is 0.379 e. The van der Waals surface area contributed by atoms with Crippen molar-refractivity contribution in [1.82, 2.24) is 20.2 Å². The zero-order valence-electron chi connectivity index (χ0n) is 21.5. The summed E-state index contributed by atoms with van der Waals surface area (Å²) in [4.78, 5) is 35.3. The molecule has 2 atom stereocenters. The number of halogens is 6. The Morgan fingerprint density at radius 2 is 1.90 bits per heavy atom. The van der Waals surface area contributed by atoms with Crippen molar-refractivity contribution in [3.8, 4) is 10.4 Å². The first kappa shape index (κ1) is 30.6. The zero-order chi connectivity index (χ0) is 29.0. The number of anilines is 1. The Morgan fingerprint density at radius 1 is 1.18 bits per heavy atom. The molecule has 0 aliphatic carbocycles. The molecular formula is C24H29F6N5O3S. The second kappa shape index (κ2) is 12.5. The lowest BCUT2D eigenvalue weighted by Gasteiger charge is -2.21.